The second-order valence-corrected chi connectivity index (χ2v) is 7.70. The summed E-state index contributed by atoms with van der Waals surface area (Å²) < 4.78 is 27.5. The molecule has 0 unspecified atom stereocenters. The highest BCUT2D eigenvalue weighted by Crippen LogP contribution is 2.17. The van der Waals surface area contributed by atoms with E-state index < -0.39 is 10.0 Å². The van der Waals surface area contributed by atoms with E-state index in [4.69, 9.17) is 0 Å². The van der Waals surface area contributed by atoms with Crippen LogP contribution in [0.4, 0.5) is 0 Å². The lowest BCUT2D eigenvalue weighted by atomic mass is 10.1. The minimum absolute atomic E-state index is 0.391. The van der Waals surface area contributed by atoms with Crippen molar-refractivity contribution >= 4 is 21.8 Å². The second kappa shape index (κ2) is 9.46. The average molecular weight is 331 g/mol. The predicted molar refractivity (Wildman–Crippen MR) is 91.4 cm³/mol. The monoisotopic (exact) mass is 330 g/mol. The Morgan fingerprint density at radius 3 is 2.67 bits per heavy atom. The summed E-state index contributed by atoms with van der Waals surface area (Å²) in [6, 6.07) is 5.60. The number of hydrogen-bond acceptors (Lipinski definition) is 4. The summed E-state index contributed by atoms with van der Waals surface area (Å²) in [5.74, 6) is 1.07. The molecule has 0 bridgehead atoms. The molecule has 0 saturated heterocycles. The average Bonchev–Trinajstić information content (AvgIpc) is 2.46. The molecule has 4 nitrogen and oxygen atoms in total. The van der Waals surface area contributed by atoms with Crippen LogP contribution in [0.25, 0.3) is 0 Å². The van der Waals surface area contributed by atoms with Crippen molar-refractivity contribution < 1.29 is 8.42 Å². The van der Waals surface area contributed by atoms with Crippen molar-refractivity contribution in [2.24, 2.45) is 0 Å². The molecule has 0 aliphatic heterocycles. The van der Waals surface area contributed by atoms with Crippen LogP contribution in [0.15, 0.2) is 23.1 Å². The summed E-state index contributed by atoms with van der Waals surface area (Å²) in [4.78, 5) is 0.391. The van der Waals surface area contributed by atoms with Crippen molar-refractivity contribution in [2.75, 3.05) is 25.1 Å². The molecule has 0 aliphatic carbocycles. The van der Waals surface area contributed by atoms with E-state index in [0.717, 1.165) is 36.3 Å². The van der Waals surface area contributed by atoms with Gasteiger partial charge in [-0.2, -0.15) is 11.8 Å². The van der Waals surface area contributed by atoms with Gasteiger partial charge >= 0.3 is 0 Å². The van der Waals surface area contributed by atoms with Crippen LogP contribution in [0.5, 0.6) is 0 Å². The number of hydrogen-bond donors (Lipinski definition) is 2. The van der Waals surface area contributed by atoms with Gasteiger partial charge in [-0.25, -0.2) is 13.1 Å². The molecule has 6 heteroatoms. The van der Waals surface area contributed by atoms with Crippen molar-refractivity contribution in [2.45, 2.75) is 38.1 Å². The first-order chi connectivity index (χ1) is 10.0. The fourth-order valence-electron chi connectivity index (χ4n) is 1.97. The number of sulfonamides is 1. The maximum absolute atomic E-state index is 12.4. The summed E-state index contributed by atoms with van der Waals surface area (Å²) in [5, 5.41) is 3.21. The molecule has 1 aromatic rings. The highest BCUT2D eigenvalue weighted by atomic mass is 32.2. The lowest BCUT2D eigenvalue weighted by Crippen LogP contribution is -2.26. The number of thioether (sulfide) groups is 1. The van der Waals surface area contributed by atoms with E-state index in [1.54, 1.807) is 17.8 Å². The van der Waals surface area contributed by atoms with Gasteiger partial charge in [0.05, 0.1) is 4.90 Å². The predicted octanol–water partition coefficient (Wildman–Crippen LogP) is 2.53. The standard InChI is InChI=1S/C15H26N2O2S2/c1-4-16-12-14-8-7-13(2)15(11-14)21(18,19)17-9-5-6-10-20-3/h7-8,11,16-17H,4-6,9-10,12H2,1-3H3. The molecule has 2 N–H and O–H groups in total. The zero-order chi connectivity index (χ0) is 15.7. The Morgan fingerprint density at radius 1 is 1.24 bits per heavy atom. The van der Waals surface area contributed by atoms with E-state index >= 15 is 0 Å². The van der Waals surface area contributed by atoms with Gasteiger partial charge in [-0.1, -0.05) is 19.1 Å². The topological polar surface area (TPSA) is 58.2 Å². The first-order valence-corrected chi connectivity index (χ1v) is 10.2. The first kappa shape index (κ1) is 18.5. The highest BCUT2D eigenvalue weighted by Gasteiger charge is 2.16. The molecule has 0 saturated carbocycles. The fraction of sp³-hybridized carbons (Fsp3) is 0.600. The van der Waals surface area contributed by atoms with Gasteiger partial charge in [0.2, 0.25) is 10.0 Å². The Labute approximate surface area is 133 Å². The number of nitrogens with one attached hydrogen (secondary N) is 2. The normalized spacial score (nSPS) is 11.8. The van der Waals surface area contributed by atoms with E-state index in [2.05, 4.69) is 16.3 Å². The molecular weight excluding hydrogens is 304 g/mol. The molecule has 0 amide bonds. The summed E-state index contributed by atoms with van der Waals surface area (Å²) in [6.07, 6.45) is 3.96. The number of aryl methyl sites for hydroxylation is 1. The Hall–Kier alpha value is -0.560. The fourth-order valence-corrected chi connectivity index (χ4v) is 3.83. The minimum Gasteiger partial charge on any atom is -0.313 e. The quantitative estimate of drug-likeness (QED) is 0.647. The van der Waals surface area contributed by atoms with Crippen molar-refractivity contribution in [3.63, 3.8) is 0 Å². The number of rotatable bonds is 10. The molecule has 1 aromatic carbocycles. The van der Waals surface area contributed by atoms with Crippen LogP contribution in [0, 0.1) is 6.92 Å². The first-order valence-electron chi connectivity index (χ1n) is 7.30. The third-order valence-electron chi connectivity index (χ3n) is 3.19. The van der Waals surface area contributed by atoms with E-state index in [9.17, 15) is 8.42 Å². The highest BCUT2D eigenvalue weighted by molar-refractivity contribution is 7.98. The molecule has 0 aromatic heterocycles. The van der Waals surface area contributed by atoms with E-state index in [1.165, 1.54) is 0 Å². The molecule has 0 spiro atoms. The zero-order valence-electron chi connectivity index (χ0n) is 13.1. The van der Waals surface area contributed by atoms with Gasteiger partial charge in [-0.15, -0.1) is 0 Å². The number of benzene rings is 1. The Balaban J connectivity index is 2.72. The zero-order valence-corrected chi connectivity index (χ0v) is 14.7. The van der Waals surface area contributed by atoms with E-state index in [1.807, 2.05) is 26.0 Å². The van der Waals surface area contributed by atoms with Crippen LogP contribution in [0.3, 0.4) is 0 Å². The summed E-state index contributed by atoms with van der Waals surface area (Å²) >= 11 is 1.78. The van der Waals surface area contributed by atoms with Crippen molar-refractivity contribution in [3.8, 4) is 0 Å². The Kier molecular flexibility index (Phi) is 8.33. The summed E-state index contributed by atoms with van der Waals surface area (Å²) in [6.45, 7) is 5.91. The van der Waals surface area contributed by atoms with Crippen molar-refractivity contribution in [1.82, 2.24) is 10.0 Å². The van der Waals surface area contributed by atoms with Crippen LogP contribution in [-0.2, 0) is 16.6 Å². The maximum Gasteiger partial charge on any atom is 0.240 e. The Morgan fingerprint density at radius 2 is 2.00 bits per heavy atom. The van der Waals surface area contributed by atoms with Gasteiger partial charge < -0.3 is 5.32 Å². The van der Waals surface area contributed by atoms with Gasteiger partial charge in [0.15, 0.2) is 0 Å². The molecule has 0 fully saturated rings. The lowest BCUT2D eigenvalue weighted by Gasteiger charge is -2.11. The van der Waals surface area contributed by atoms with Crippen LogP contribution >= 0.6 is 11.8 Å². The molecule has 120 valence electrons. The van der Waals surface area contributed by atoms with Gasteiger partial charge in [0, 0.05) is 13.1 Å². The van der Waals surface area contributed by atoms with Crippen LogP contribution in [0.2, 0.25) is 0 Å². The smallest absolute Gasteiger partial charge is 0.240 e. The third-order valence-corrected chi connectivity index (χ3v) is 5.49. The van der Waals surface area contributed by atoms with Crippen LogP contribution in [0.1, 0.15) is 30.9 Å². The van der Waals surface area contributed by atoms with Crippen LogP contribution < -0.4 is 10.0 Å². The maximum atomic E-state index is 12.4. The largest absolute Gasteiger partial charge is 0.313 e. The molecule has 1 rings (SSSR count). The molecule has 0 radical (unpaired) electrons. The number of unbranched alkanes of at least 4 members (excludes halogenated alkanes) is 1. The van der Waals surface area contributed by atoms with Gasteiger partial charge in [-0.3, -0.25) is 0 Å². The third kappa shape index (κ3) is 6.38. The summed E-state index contributed by atoms with van der Waals surface area (Å²) in [7, 11) is -3.41. The van der Waals surface area contributed by atoms with Crippen LogP contribution in [-0.4, -0.2) is 33.5 Å². The SMILES string of the molecule is CCNCc1ccc(C)c(S(=O)(=O)NCCCCSC)c1. The molecule has 21 heavy (non-hydrogen) atoms. The molecule has 0 heterocycles. The molecular formula is C15H26N2O2S2. The van der Waals surface area contributed by atoms with Gasteiger partial charge in [-0.05, 0) is 55.5 Å². The lowest BCUT2D eigenvalue weighted by molar-refractivity contribution is 0.577. The second-order valence-electron chi connectivity index (χ2n) is 4.98. The Bertz CT molecular complexity index is 530. The summed E-state index contributed by atoms with van der Waals surface area (Å²) in [5.41, 5.74) is 1.78. The van der Waals surface area contributed by atoms with E-state index in [0.29, 0.717) is 18.0 Å². The molecule has 0 atom stereocenters. The molecule has 0 aliphatic rings. The van der Waals surface area contributed by atoms with Gasteiger partial charge in [0.25, 0.3) is 0 Å². The van der Waals surface area contributed by atoms with Crippen molar-refractivity contribution in [3.05, 3.63) is 29.3 Å². The minimum atomic E-state index is -3.41. The van der Waals surface area contributed by atoms with Crippen molar-refractivity contribution in [1.29, 1.82) is 0 Å². The van der Waals surface area contributed by atoms with E-state index in [-0.39, 0.29) is 0 Å². The van der Waals surface area contributed by atoms with Gasteiger partial charge in [0.1, 0.15) is 0 Å².